The highest BCUT2D eigenvalue weighted by Crippen LogP contribution is 2.27. The van der Waals surface area contributed by atoms with Gasteiger partial charge in [0.15, 0.2) is 0 Å². The summed E-state index contributed by atoms with van der Waals surface area (Å²) in [6.45, 7) is 0. The van der Waals surface area contributed by atoms with Crippen molar-refractivity contribution < 1.29 is 9.13 Å². The quantitative estimate of drug-likeness (QED) is 0.800. The molecule has 0 heterocycles. The zero-order chi connectivity index (χ0) is 12.3. The van der Waals surface area contributed by atoms with Crippen molar-refractivity contribution in [3.8, 4) is 5.75 Å². The maximum Gasteiger partial charge on any atom is 0.146 e. The molecule has 0 amide bonds. The molecular formula is C14H14FNO. The van der Waals surface area contributed by atoms with E-state index in [-0.39, 0.29) is 5.82 Å². The van der Waals surface area contributed by atoms with E-state index in [2.05, 4.69) is 0 Å². The van der Waals surface area contributed by atoms with Crippen LogP contribution in [0.3, 0.4) is 0 Å². The van der Waals surface area contributed by atoms with Gasteiger partial charge in [-0.1, -0.05) is 12.1 Å². The summed E-state index contributed by atoms with van der Waals surface area (Å²) in [4.78, 5) is 1.80. The highest BCUT2D eigenvalue weighted by atomic mass is 19.1. The third-order valence-corrected chi connectivity index (χ3v) is 2.67. The van der Waals surface area contributed by atoms with Crippen LogP contribution in [0.1, 0.15) is 0 Å². The minimum absolute atomic E-state index is 0.231. The minimum atomic E-state index is -0.231. The second-order valence-corrected chi connectivity index (χ2v) is 3.71. The summed E-state index contributed by atoms with van der Waals surface area (Å²) in [5.41, 5.74) is 1.47. The largest absolute Gasteiger partial charge is 0.497 e. The topological polar surface area (TPSA) is 12.5 Å². The minimum Gasteiger partial charge on any atom is -0.497 e. The smallest absolute Gasteiger partial charge is 0.146 e. The normalized spacial score (nSPS) is 10.1. The maximum absolute atomic E-state index is 13.6. The van der Waals surface area contributed by atoms with Crippen LogP contribution in [0, 0.1) is 5.82 Å². The van der Waals surface area contributed by atoms with Gasteiger partial charge in [0, 0.05) is 12.7 Å². The Morgan fingerprint density at radius 1 is 1.00 bits per heavy atom. The molecule has 0 fully saturated rings. The van der Waals surface area contributed by atoms with E-state index in [0.29, 0.717) is 5.69 Å². The van der Waals surface area contributed by atoms with Crippen LogP contribution in [0.2, 0.25) is 0 Å². The van der Waals surface area contributed by atoms with Crippen LogP contribution in [0.4, 0.5) is 15.8 Å². The van der Waals surface area contributed by atoms with Crippen molar-refractivity contribution in [2.75, 3.05) is 19.1 Å². The summed E-state index contributed by atoms with van der Waals surface area (Å²) < 4.78 is 18.7. The first-order valence-corrected chi connectivity index (χ1v) is 5.34. The highest BCUT2D eigenvalue weighted by molar-refractivity contribution is 5.63. The number of para-hydroxylation sites is 1. The van der Waals surface area contributed by atoms with E-state index in [1.54, 1.807) is 24.1 Å². The van der Waals surface area contributed by atoms with Gasteiger partial charge in [0.2, 0.25) is 0 Å². The van der Waals surface area contributed by atoms with Crippen LogP contribution in [0.15, 0.2) is 48.5 Å². The Morgan fingerprint density at radius 3 is 2.24 bits per heavy atom. The van der Waals surface area contributed by atoms with Gasteiger partial charge in [-0.15, -0.1) is 0 Å². The van der Waals surface area contributed by atoms with Gasteiger partial charge in [0.1, 0.15) is 11.6 Å². The molecule has 0 aromatic heterocycles. The standard InChI is InChI=1S/C14H14FNO/c1-16(14-6-4-3-5-13(14)15)11-7-9-12(17-2)10-8-11/h3-10H,1-2H3. The number of benzene rings is 2. The molecule has 0 N–H and O–H groups in total. The van der Waals surface area contributed by atoms with Gasteiger partial charge in [-0.25, -0.2) is 4.39 Å². The molecule has 0 aliphatic rings. The lowest BCUT2D eigenvalue weighted by Crippen LogP contribution is -2.10. The van der Waals surface area contributed by atoms with Crippen molar-refractivity contribution in [2.24, 2.45) is 0 Å². The molecule has 0 radical (unpaired) electrons. The molecule has 17 heavy (non-hydrogen) atoms. The number of rotatable bonds is 3. The van der Waals surface area contributed by atoms with E-state index in [1.165, 1.54) is 6.07 Å². The van der Waals surface area contributed by atoms with Gasteiger partial charge in [0.05, 0.1) is 12.8 Å². The summed E-state index contributed by atoms with van der Waals surface area (Å²) in [6.07, 6.45) is 0. The summed E-state index contributed by atoms with van der Waals surface area (Å²) in [5, 5.41) is 0. The van der Waals surface area contributed by atoms with Crippen LogP contribution < -0.4 is 9.64 Å². The number of hydrogen-bond acceptors (Lipinski definition) is 2. The number of hydrogen-bond donors (Lipinski definition) is 0. The Bertz CT molecular complexity index is 496. The van der Waals surface area contributed by atoms with Crippen LogP contribution in [-0.4, -0.2) is 14.2 Å². The van der Waals surface area contributed by atoms with Crippen molar-refractivity contribution in [3.63, 3.8) is 0 Å². The Balaban J connectivity index is 2.30. The molecule has 88 valence electrons. The predicted octanol–water partition coefficient (Wildman–Crippen LogP) is 3.60. The Kier molecular flexibility index (Phi) is 3.28. The van der Waals surface area contributed by atoms with E-state index in [9.17, 15) is 4.39 Å². The van der Waals surface area contributed by atoms with Gasteiger partial charge in [-0.2, -0.15) is 0 Å². The third kappa shape index (κ3) is 2.38. The van der Waals surface area contributed by atoms with E-state index >= 15 is 0 Å². The zero-order valence-electron chi connectivity index (χ0n) is 9.85. The van der Waals surface area contributed by atoms with E-state index in [1.807, 2.05) is 37.4 Å². The monoisotopic (exact) mass is 231 g/mol. The number of anilines is 2. The summed E-state index contributed by atoms with van der Waals surface area (Å²) >= 11 is 0. The number of methoxy groups -OCH3 is 1. The second-order valence-electron chi connectivity index (χ2n) is 3.71. The first-order chi connectivity index (χ1) is 8.22. The number of nitrogens with zero attached hydrogens (tertiary/aromatic N) is 1. The molecule has 0 saturated carbocycles. The van der Waals surface area contributed by atoms with Gasteiger partial charge < -0.3 is 9.64 Å². The van der Waals surface area contributed by atoms with Gasteiger partial charge in [-0.05, 0) is 36.4 Å². The molecule has 2 aromatic carbocycles. The molecule has 2 rings (SSSR count). The fraction of sp³-hybridized carbons (Fsp3) is 0.143. The number of halogens is 1. The first kappa shape index (κ1) is 11.5. The maximum atomic E-state index is 13.6. The highest BCUT2D eigenvalue weighted by Gasteiger charge is 2.08. The fourth-order valence-electron chi connectivity index (χ4n) is 1.67. The molecule has 3 heteroatoms. The van der Waals surface area contributed by atoms with Gasteiger partial charge >= 0.3 is 0 Å². The summed E-state index contributed by atoms with van der Waals surface area (Å²) in [6, 6.07) is 14.2. The van der Waals surface area contributed by atoms with Crippen molar-refractivity contribution in [1.82, 2.24) is 0 Å². The van der Waals surface area contributed by atoms with E-state index in [0.717, 1.165) is 11.4 Å². The van der Waals surface area contributed by atoms with Gasteiger partial charge in [0.25, 0.3) is 0 Å². The van der Waals surface area contributed by atoms with Crippen molar-refractivity contribution in [1.29, 1.82) is 0 Å². The molecule has 0 unspecified atom stereocenters. The Labute approximate surface area is 100 Å². The molecule has 0 bridgehead atoms. The van der Waals surface area contributed by atoms with Crippen LogP contribution in [-0.2, 0) is 0 Å². The Morgan fingerprint density at radius 2 is 1.65 bits per heavy atom. The molecule has 2 aromatic rings. The molecule has 0 aliphatic heterocycles. The molecule has 0 atom stereocenters. The lowest BCUT2D eigenvalue weighted by atomic mass is 10.2. The predicted molar refractivity (Wildman–Crippen MR) is 67.5 cm³/mol. The van der Waals surface area contributed by atoms with Crippen LogP contribution >= 0.6 is 0 Å². The fourth-order valence-corrected chi connectivity index (χ4v) is 1.67. The van der Waals surface area contributed by atoms with Crippen LogP contribution in [0.25, 0.3) is 0 Å². The van der Waals surface area contributed by atoms with E-state index in [4.69, 9.17) is 4.74 Å². The van der Waals surface area contributed by atoms with Crippen molar-refractivity contribution in [2.45, 2.75) is 0 Å². The molecule has 0 aliphatic carbocycles. The summed E-state index contributed by atoms with van der Waals surface area (Å²) in [7, 11) is 3.45. The summed E-state index contributed by atoms with van der Waals surface area (Å²) in [5.74, 6) is 0.557. The zero-order valence-corrected chi connectivity index (χ0v) is 9.85. The lowest BCUT2D eigenvalue weighted by molar-refractivity contribution is 0.415. The average molecular weight is 231 g/mol. The van der Waals surface area contributed by atoms with E-state index < -0.39 is 0 Å². The second kappa shape index (κ2) is 4.87. The first-order valence-electron chi connectivity index (χ1n) is 5.34. The molecule has 2 nitrogen and oxygen atoms in total. The molecular weight excluding hydrogens is 217 g/mol. The van der Waals surface area contributed by atoms with Gasteiger partial charge in [-0.3, -0.25) is 0 Å². The SMILES string of the molecule is COc1ccc(N(C)c2ccccc2F)cc1. The number of ether oxygens (including phenoxy) is 1. The van der Waals surface area contributed by atoms with Crippen molar-refractivity contribution >= 4 is 11.4 Å². The Hall–Kier alpha value is -2.03. The van der Waals surface area contributed by atoms with Crippen molar-refractivity contribution in [3.05, 3.63) is 54.3 Å². The third-order valence-electron chi connectivity index (χ3n) is 2.67. The molecule has 0 saturated heterocycles. The molecule has 0 spiro atoms. The lowest BCUT2D eigenvalue weighted by Gasteiger charge is -2.20. The van der Waals surface area contributed by atoms with Crippen LogP contribution in [0.5, 0.6) is 5.75 Å². The average Bonchev–Trinajstić information content (AvgIpc) is 2.39.